The number of nitrogens with one attached hydrogen (secondary N) is 1. The molecule has 1 fully saturated rings. The van der Waals surface area contributed by atoms with Gasteiger partial charge in [0.1, 0.15) is 5.54 Å². The Morgan fingerprint density at radius 3 is 3.10 bits per heavy atom. The highest BCUT2D eigenvalue weighted by atomic mass is 35.5. The number of hydrogen-bond donors (Lipinski definition) is 1. The number of carbonyl (C=O) groups excluding carboxylic acids is 1. The highest BCUT2D eigenvalue weighted by Crippen LogP contribution is 2.39. The predicted octanol–water partition coefficient (Wildman–Crippen LogP) is 2.25. The molecule has 2 atom stereocenters. The highest BCUT2D eigenvalue weighted by Gasteiger charge is 2.48. The Labute approximate surface area is 124 Å². The normalized spacial score (nSPS) is 25.9. The number of hydrogen-bond acceptors (Lipinski definition) is 4. The first-order valence-corrected chi connectivity index (χ1v) is 7.51. The lowest BCUT2D eigenvalue weighted by molar-refractivity contribution is -0.150. The van der Waals surface area contributed by atoms with E-state index in [-0.39, 0.29) is 11.9 Å². The SMILES string of the molecule is CCNC1(C(=O)OC)CCCC1CCn1cc(Cl)cn1. The zero-order valence-electron chi connectivity index (χ0n) is 12.1. The molecule has 6 heteroatoms. The standard InChI is InChI=1S/C14H22ClN3O2/c1-3-16-14(13(19)20-2)7-4-5-11(14)6-8-18-10-12(15)9-17-18/h9-11,16H,3-8H2,1-2H3. The molecule has 1 aromatic rings. The van der Waals surface area contributed by atoms with E-state index in [1.165, 1.54) is 7.11 Å². The largest absolute Gasteiger partial charge is 0.468 e. The van der Waals surface area contributed by atoms with Crippen LogP contribution in [0, 0.1) is 5.92 Å². The van der Waals surface area contributed by atoms with Gasteiger partial charge in [0.15, 0.2) is 0 Å². The van der Waals surface area contributed by atoms with Gasteiger partial charge in [0.05, 0.1) is 18.3 Å². The third kappa shape index (κ3) is 2.99. The van der Waals surface area contributed by atoms with E-state index >= 15 is 0 Å². The summed E-state index contributed by atoms with van der Waals surface area (Å²) in [6.07, 6.45) is 7.26. The van der Waals surface area contributed by atoms with E-state index in [2.05, 4.69) is 10.4 Å². The number of ether oxygens (including phenoxy) is 1. The van der Waals surface area contributed by atoms with E-state index in [0.29, 0.717) is 5.02 Å². The Balaban J connectivity index is 2.06. The summed E-state index contributed by atoms with van der Waals surface area (Å²) in [4.78, 5) is 12.2. The van der Waals surface area contributed by atoms with E-state index in [4.69, 9.17) is 16.3 Å². The molecule has 0 radical (unpaired) electrons. The van der Waals surface area contributed by atoms with Gasteiger partial charge in [0.25, 0.3) is 0 Å². The van der Waals surface area contributed by atoms with Crippen molar-refractivity contribution in [2.75, 3.05) is 13.7 Å². The molecule has 1 aliphatic rings. The molecule has 1 N–H and O–H groups in total. The van der Waals surface area contributed by atoms with Crippen LogP contribution in [0.2, 0.25) is 5.02 Å². The molecule has 5 nitrogen and oxygen atoms in total. The zero-order chi connectivity index (χ0) is 14.6. The summed E-state index contributed by atoms with van der Waals surface area (Å²) in [5.74, 6) is 0.137. The van der Waals surface area contributed by atoms with Crippen molar-refractivity contribution >= 4 is 17.6 Å². The van der Waals surface area contributed by atoms with Crippen LogP contribution < -0.4 is 5.32 Å². The molecule has 0 amide bonds. The molecule has 1 aliphatic carbocycles. The van der Waals surface area contributed by atoms with Crippen LogP contribution in [0.3, 0.4) is 0 Å². The molecule has 0 saturated heterocycles. The maximum atomic E-state index is 12.2. The average molecular weight is 300 g/mol. The summed E-state index contributed by atoms with van der Waals surface area (Å²) < 4.78 is 6.86. The monoisotopic (exact) mass is 299 g/mol. The maximum absolute atomic E-state index is 12.2. The Bertz CT molecular complexity index is 463. The molecule has 1 aromatic heterocycles. The third-order valence-corrected chi connectivity index (χ3v) is 4.37. The van der Waals surface area contributed by atoms with Gasteiger partial charge < -0.3 is 10.1 Å². The first-order chi connectivity index (χ1) is 9.62. The summed E-state index contributed by atoms with van der Waals surface area (Å²) in [5, 5.41) is 8.19. The summed E-state index contributed by atoms with van der Waals surface area (Å²) in [7, 11) is 1.46. The summed E-state index contributed by atoms with van der Waals surface area (Å²) >= 11 is 5.86. The van der Waals surface area contributed by atoms with Crippen LogP contribution in [-0.2, 0) is 16.1 Å². The van der Waals surface area contributed by atoms with Crippen molar-refractivity contribution in [2.45, 2.75) is 44.7 Å². The average Bonchev–Trinajstić information content (AvgIpc) is 3.03. The molecular formula is C14H22ClN3O2. The first-order valence-electron chi connectivity index (χ1n) is 7.13. The van der Waals surface area contributed by atoms with Crippen molar-refractivity contribution < 1.29 is 9.53 Å². The van der Waals surface area contributed by atoms with Gasteiger partial charge in [-0.3, -0.25) is 9.48 Å². The molecule has 2 unspecified atom stereocenters. The molecule has 20 heavy (non-hydrogen) atoms. The van der Waals surface area contributed by atoms with Crippen molar-refractivity contribution in [3.63, 3.8) is 0 Å². The van der Waals surface area contributed by atoms with Gasteiger partial charge >= 0.3 is 5.97 Å². The molecule has 2 rings (SSSR count). The number of likely N-dealkylation sites (N-methyl/N-ethyl adjacent to an activating group) is 1. The minimum Gasteiger partial charge on any atom is -0.468 e. The third-order valence-electron chi connectivity index (χ3n) is 4.17. The van der Waals surface area contributed by atoms with Crippen LogP contribution in [0.25, 0.3) is 0 Å². The minimum absolute atomic E-state index is 0.139. The number of rotatable bonds is 6. The summed E-state index contributed by atoms with van der Waals surface area (Å²) in [5.41, 5.74) is -0.527. The molecule has 1 heterocycles. The smallest absolute Gasteiger partial charge is 0.326 e. The number of halogens is 1. The number of aryl methyl sites for hydroxylation is 1. The van der Waals surface area contributed by atoms with E-state index < -0.39 is 5.54 Å². The Morgan fingerprint density at radius 2 is 2.50 bits per heavy atom. The van der Waals surface area contributed by atoms with Crippen molar-refractivity contribution in [2.24, 2.45) is 5.92 Å². The number of methoxy groups -OCH3 is 1. The molecule has 1 saturated carbocycles. The van der Waals surface area contributed by atoms with Gasteiger partial charge in [0.2, 0.25) is 0 Å². The van der Waals surface area contributed by atoms with Crippen LogP contribution >= 0.6 is 11.6 Å². The van der Waals surface area contributed by atoms with Gasteiger partial charge in [-0.05, 0) is 31.7 Å². The van der Waals surface area contributed by atoms with Crippen LogP contribution in [0.4, 0.5) is 0 Å². The molecule has 0 spiro atoms. The number of aromatic nitrogens is 2. The number of nitrogens with zero attached hydrogens (tertiary/aromatic N) is 2. The van der Waals surface area contributed by atoms with Gasteiger partial charge in [-0.25, -0.2) is 0 Å². The van der Waals surface area contributed by atoms with Gasteiger partial charge in [0, 0.05) is 12.7 Å². The molecule has 0 aliphatic heterocycles. The molecular weight excluding hydrogens is 278 g/mol. The van der Waals surface area contributed by atoms with Crippen LogP contribution in [0.15, 0.2) is 12.4 Å². The highest BCUT2D eigenvalue weighted by molar-refractivity contribution is 6.30. The lowest BCUT2D eigenvalue weighted by atomic mass is 9.84. The van der Waals surface area contributed by atoms with E-state index in [1.807, 2.05) is 17.8 Å². The summed E-state index contributed by atoms with van der Waals surface area (Å²) in [6, 6.07) is 0. The van der Waals surface area contributed by atoms with Crippen molar-refractivity contribution in [3.8, 4) is 0 Å². The Hall–Kier alpha value is -1.07. The fourth-order valence-electron chi connectivity index (χ4n) is 3.29. The topological polar surface area (TPSA) is 56.1 Å². The minimum atomic E-state index is -0.527. The fourth-order valence-corrected chi connectivity index (χ4v) is 3.44. The second-order valence-corrected chi connectivity index (χ2v) is 5.73. The molecule has 112 valence electrons. The maximum Gasteiger partial charge on any atom is 0.326 e. The van der Waals surface area contributed by atoms with Crippen molar-refractivity contribution in [1.29, 1.82) is 0 Å². The van der Waals surface area contributed by atoms with Gasteiger partial charge in [-0.15, -0.1) is 0 Å². The van der Waals surface area contributed by atoms with Crippen LogP contribution in [0.5, 0.6) is 0 Å². The second-order valence-electron chi connectivity index (χ2n) is 5.29. The van der Waals surface area contributed by atoms with E-state index in [9.17, 15) is 4.79 Å². The summed E-state index contributed by atoms with van der Waals surface area (Å²) in [6.45, 7) is 3.55. The van der Waals surface area contributed by atoms with E-state index in [0.717, 1.165) is 38.8 Å². The lowest BCUT2D eigenvalue weighted by Crippen LogP contribution is -2.55. The number of esters is 1. The molecule has 0 aromatic carbocycles. The lowest BCUT2D eigenvalue weighted by Gasteiger charge is -2.33. The van der Waals surface area contributed by atoms with Crippen LogP contribution in [-0.4, -0.2) is 34.9 Å². The van der Waals surface area contributed by atoms with Crippen molar-refractivity contribution in [1.82, 2.24) is 15.1 Å². The fraction of sp³-hybridized carbons (Fsp3) is 0.714. The first kappa shape index (κ1) is 15.3. The predicted molar refractivity (Wildman–Crippen MR) is 77.6 cm³/mol. The zero-order valence-corrected chi connectivity index (χ0v) is 12.8. The Kier molecular flexibility index (Phi) is 5.05. The van der Waals surface area contributed by atoms with Crippen molar-refractivity contribution in [3.05, 3.63) is 17.4 Å². The quantitative estimate of drug-likeness (QED) is 0.819. The Morgan fingerprint density at radius 1 is 1.70 bits per heavy atom. The van der Waals surface area contributed by atoms with Gasteiger partial charge in [-0.2, -0.15) is 5.10 Å². The number of carbonyl (C=O) groups is 1. The van der Waals surface area contributed by atoms with E-state index in [1.54, 1.807) is 6.20 Å². The second kappa shape index (κ2) is 6.59. The molecule has 0 bridgehead atoms. The van der Waals surface area contributed by atoms with Crippen LogP contribution in [0.1, 0.15) is 32.6 Å². The van der Waals surface area contributed by atoms with Gasteiger partial charge in [-0.1, -0.05) is 24.9 Å².